The van der Waals surface area contributed by atoms with Gasteiger partial charge >= 0.3 is 0 Å². The van der Waals surface area contributed by atoms with Crippen LogP contribution in [0.4, 0.5) is 5.82 Å². The molecule has 9 heteroatoms. The number of hydrogen-bond acceptors (Lipinski definition) is 6. The zero-order valence-corrected chi connectivity index (χ0v) is 16.9. The summed E-state index contributed by atoms with van der Waals surface area (Å²) in [6, 6.07) is 3.90. The Morgan fingerprint density at radius 3 is 2.90 bits per heavy atom. The SMILES string of the molecule is CN(Cc1ccn(C)n1)C(=O)C1CN(c2c3c(nc4ccnn24)CCNCC3)C1. The van der Waals surface area contributed by atoms with E-state index in [1.165, 1.54) is 5.56 Å². The second kappa shape index (κ2) is 7.14. The Bertz CT molecular complexity index is 1050. The second-order valence-electron chi connectivity index (χ2n) is 7.99. The molecule has 0 bridgehead atoms. The van der Waals surface area contributed by atoms with Crippen molar-refractivity contribution >= 4 is 17.4 Å². The highest BCUT2D eigenvalue weighted by molar-refractivity contribution is 5.82. The fraction of sp³-hybridized carbons (Fsp3) is 0.500. The first-order chi connectivity index (χ1) is 14.1. The molecule has 3 aromatic heterocycles. The standard InChI is InChI=1S/C20H26N8O/c1-25(13-15-6-10-26(2)24-15)20(29)14-11-27(12-14)19-16-3-7-21-8-4-17(16)23-18-5-9-22-28(18)19/h5-6,9-10,14,21H,3-4,7-8,11-13H2,1-2H3. The average Bonchev–Trinajstić information content (AvgIpc) is 3.22. The van der Waals surface area contributed by atoms with Crippen molar-refractivity contribution in [2.24, 2.45) is 13.0 Å². The molecule has 0 saturated carbocycles. The molecule has 1 N–H and O–H groups in total. The van der Waals surface area contributed by atoms with Gasteiger partial charge in [0.05, 0.1) is 30.0 Å². The summed E-state index contributed by atoms with van der Waals surface area (Å²) in [6.07, 6.45) is 5.56. The molecule has 0 aliphatic carbocycles. The number of hydrogen-bond donors (Lipinski definition) is 1. The average molecular weight is 394 g/mol. The normalized spacial score (nSPS) is 17.1. The van der Waals surface area contributed by atoms with Crippen molar-refractivity contribution in [1.82, 2.24) is 34.6 Å². The maximum Gasteiger partial charge on any atom is 0.229 e. The minimum atomic E-state index is 0.00189. The van der Waals surface area contributed by atoms with Crippen LogP contribution in [0, 0.1) is 5.92 Å². The van der Waals surface area contributed by atoms with Gasteiger partial charge in [0.1, 0.15) is 5.82 Å². The van der Waals surface area contributed by atoms with Gasteiger partial charge in [-0.05, 0) is 19.0 Å². The summed E-state index contributed by atoms with van der Waals surface area (Å²) < 4.78 is 3.69. The summed E-state index contributed by atoms with van der Waals surface area (Å²) in [5, 5.41) is 12.3. The van der Waals surface area contributed by atoms with Crippen LogP contribution in [0.3, 0.4) is 0 Å². The van der Waals surface area contributed by atoms with Gasteiger partial charge in [-0.15, -0.1) is 0 Å². The third-order valence-corrected chi connectivity index (χ3v) is 5.86. The molecular weight excluding hydrogens is 368 g/mol. The van der Waals surface area contributed by atoms with E-state index in [1.54, 1.807) is 15.8 Å². The molecule has 0 atom stereocenters. The Balaban J connectivity index is 1.34. The van der Waals surface area contributed by atoms with Gasteiger partial charge in [-0.25, -0.2) is 4.98 Å². The molecule has 1 fully saturated rings. The maximum absolute atomic E-state index is 12.9. The number of amides is 1. The van der Waals surface area contributed by atoms with Crippen LogP contribution in [0.2, 0.25) is 0 Å². The summed E-state index contributed by atoms with van der Waals surface area (Å²) >= 11 is 0. The number of rotatable bonds is 4. The Morgan fingerprint density at radius 1 is 1.28 bits per heavy atom. The van der Waals surface area contributed by atoms with Gasteiger partial charge in [-0.1, -0.05) is 0 Å². The maximum atomic E-state index is 12.9. The van der Waals surface area contributed by atoms with Gasteiger partial charge < -0.3 is 15.1 Å². The number of carbonyl (C=O) groups excluding carboxylic acids is 1. The zero-order valence-electron chi connectivity index (χ0n) is 16.9. The van der Waals surface area contributed by atoms with Crippen LogP contribution in [0.5, 0.6) is 0 Å². The second-order valence-corrected chi connectivity index (χ2v) is 7.99. The van der Waals surface area contributed by atoms with Crippen molar-refractivity contribution in [2.75, 3.05) is 38.1 Å². The number of carbonyl (C=O) groups is 1. The molecule has 1 amide bonds. The lowest BCUT2D eigenvalue weighted by Gasteiger charge is -2.42. The largest absolute Gasteiger partial charge is 0.354 e. The molecular formula is C20H26N8O. The third-order valence-electron chi connectivity index (χ3n) is 5.86. The lowest BCUT2D eigenvalue weighted by atomic mass is 9.96. The molecule has 0 radical (unpaired) electrons. The van der Waals surface area contributed by atoms with Gasteiger partial charge in [-0.3, -0.25) is 9.48 Å². The van der Waals surface area contributed by atoms with E-state index in [0.717, 1.165) is 48.8 Å². The van der Waals surface area contributed by atoms with Gasteiger partial charge in [0.25, 0.3) is 0 Å². The molecule has 1 saturated heterocycles. The molecule has 29 heavy (non-hydrogen) atoms. The van der Waals surface area contributed by atoms with Crippen molar-refractivity contribution in [2.45, 2.75) is 19.4 Å². The van der Waals surface area contributed by atoms with E-state index in [1.807, 2.05) is 36.9 Å². The van der Waals surface area contributed by atoms with Crippen molar-refractivity contribution in [1.29, 1.82) is 0 Å². The number of nitrogens with one attached hydrogen (secondary N) is 1. The van der Waals surface area contributed by atoms with Crippen molar-refractivity contribution in [3.63, 3.8) is 0 Å². The number of aryl methyl sites for hydroxylation is 1. The molecule has 5 rings (SSSR count). The summed E-state index contributed by atoms with van der Waals surface area (Å²) in [5.41, 5.74) is 4.20. The van der Waals surface area contributed by atoms with Crippen LogP contribution in [0.15, 0.2) is 24.5 Å². The molecule has 2 aliphatic heterocycles. The summed E-state index contributed by atoms with van der Waals surface area (Å²) in [7, 11) is 3.74. The fourth-order valence-electron chi connectivity index (χ4n) is 4.33. The highest BCUT2D eigenvalue weighted by Gasteiger charge is 2.37. The molecule has 3 aromatic rings. The number of nitrogens with zero attached hydrogens (tertiary/aromatic N) is 7. The Labute approximate surface area is 169 Å². The van der Waals surface area contributed by atoms with E-state index in [0.29, 0.717) is 19.6 Å². The lowest BCUT2D eigenvalue weighted by molar-refractivity contribution is -0.135. The minimum Gasteiger partial charge on any atom is -0.354 e. The smallest absolute Gasteiger partial charge is 0.229 e. The van der Waals surface area contributed by atoms with E-state index < -0.39 is 0 Å². The van der Waals surface area contributed by atoms with Crippen LogP contribution in [0.25, 0.3) is 5.65 Å². The van der Waals surface area contributed by atoms with Crippen LogP contribution < -0.4 is 10.2 Å². The summed E-state index contributed by atoms with van der Waals surface area (Å²) in [5.74, 6) is 1.28. The zero-order chi connectivity index (χ0) is 20.0. The van der Waals surface area contributed by atoms with E-state index >= 15 is 0 Å². The number of fused-ring (bicyclic) bond motifs is 2. The first-order valence-electron chi connectivity index (χ1n) is 10.1. The van der Waals surface area contributed by atoms with Crippen molar-refractivity contribution < 1.29 is 4.79 Å². The molecule has 5 heterocycles. The quantitative estimate of drug-likeness (QED) is 0.683. The highest BCUT2D eigenvalue weighted by atomic mass is 16.2. The van der Waals surface area contributed by atoms with Crippen LogP contribution in [0.1, 0.15) is 17.0 Å². The molecule has 9 nitrogen and oxygen atoms in total. The van der Waals surface area contributed by atoms with Crippen LogP contribution in [-0.4, -0.2) is 68.4 Å². The first-order valence-corrected chi connectivity index (χ1v) is 10.1. The van der Waals surface area contributed by atoms with E-state index in [4.69, 9.17) is 4.98 Å². The topological polar surface area (TPSA) is 83.6 Å². The summed E-state index contributed by atoms with van der Waals surface area (Å²) in [4.78, 5) is 21.8. The third kappa shape index (κ3) is 3.25. The highest BCUT2D eigenvalue weighted by Crippen LogP contribution is 2.32. The van der Waals surface area contributed by atoms with Gasteiger partial charge in [-0.2, -0.15) is 14.7 Å². The predicted octanol–water partition coefficient (Wildman–Crippen LogP) is 0.246. The molecule has 2 aliphatic rings. The number of anilines is 1. The molecule has 152 valence electrons. The first kappa shape index (κ1) is 18.1. The van der Waals surface area contributed by atoms with Crippen LogP contribution in [-0.2, 0) is 31.2 Å². The van der Waals surface area contributed by atoms with Crippen molar-refractivity contribution in [3.05, 3.63) is 41.5 Å². The molecule has 0 spiro atoms. The number of aromatic nitrogens is 5. The Morgan fingerprint density at radius 2 is 2.10 bits per heavy atom. The van der Waals surface area contributed by atoms with Crippen LogP contribution >= 0.6 is 0 Å². The van der Waals surface area contributed by atoms with E-state index in [2.05, 4.69) is 20.4 Å². The monoisotopic (exact) mass is 394 g/mol. The Kier molecular flexibility index (Phi) is 4.46. The minimum absolute atomic E-state index is 0.00189. The Hall–Kier alpha value is -2.94. The summed E-state index contributed by atoms with van der Waals surface area (Å²) in [6.45, 7) is 3.85. The van der Waals surface area contributed by atoms with Gasteiger partial charge in [0.2, 0.25) is 5.91 Å². The van der Waals surface area contributed by atoms with Gasteiger partial charge in [0.15, 0.2) is 5.65 Å². The lowest BCUT2D eigenvalue weighted by Crippen LogP contribution is -2.54. The fourth-order valence-corrected chi connectivity index (χ4v) is 4.33. The van der Waals surface area contributed by atoms with E-state index in [9.17, 15) is 4.79 Å². The predicted molar refractivity (Wildman–Crippen MR) is 109 cm³/mol. The van der Waals surface area contributed by atoms with Crippen molar-refractivity contribution in [3.8, 4) is 0 Å². The van der Waals surface area contributed by atoms with E-state index in [-0.39, 0.29) is 11.8 Å². The molecule has 0 unspecified atom stereocenters. The molecule has 0 aromatic carbocycles. The van der Waals surface area contributed by atoms with Gasteiger partial charge in [0, 0.05) is 58.0 Å².